The number of benzene rings is 1. The van der Waals surface area contributed by atoms with E-state index in [2.05, 4.69) is 17.3 Å². The van der Waals surface area contributed by atoms with E-state index in [0.717, 1.165) is 24.6 Å². The lowest BCUT2D eigenvalue weighted by Crippen LogP contribution is -2.34. The second-order valence-electron chi connectivity index (χ2n) is 5.55. The summed E-state index contributed by atoms with van der Waals surface area (Å²) < 4.78 is 0. The maximum Gasteiger partial charge on any atom is 0.248 e. The molecule has 2 rings (SSSR count). The van der Waals surface area contributed by atoms with Crippen molar-refractivity contribution in [2.45, 2.75) is 19.4 Å². The van der Waals surface area contributed by atoms with Gasteiger partial charge in [-0.15, -0.1) is 0 Å². The predicted molar refractivity (Wildman–Crippen MR) is 81.9 cm³/mol. The number of piperidine rings is 1. The van der Waals surface area contributed by atoms with E-state index < -0.39 is 5.91 Å². The Morgan fingerprint density at radius 1 is 1.45 bits per heavy atom. The van der Waals surface area contributed by atoms with Gasteiger partial charge < -0.3 is 16.0 Å². The maximum atomic E-state index is 11.1. The average Bonchev–Trinajstić information content (AvgIpc) is 2.42. The largest absolute Gasteiger partial charge is 0.366 e. The fourth-order valence-electron chi connectivity index (χ4n) is 2.52. The molecule has 1 aromatic carbocycles. The van der Waals surface area contributed by atoms with Gasteiger partial charge in [0.05, 0.1) is 0 Å². The van der Waals surface area contributed by atoms with E-state index in [4.69, 9.17) is 17.3 Å². The number of halogens is 1. The van der Waals surface area contributed by atoms with Crippen LogP contribution in [0.2, 0.25) is 5.02 Å². The van der Waals surface area contributed by atoms with Gasteiger partial charge in [-0.2, -0.15) is 0 Å². The monoisotopic (exact) mass is 295 g/mol. The van der Waals surface area contributed by atoms with E-state index in [0.29, 0.717) is 10.6 Å². The molecule has 1 aromatic rings. The van der Waals surface area contributed by atoms with Gasteiger partial charge in [0, 0.05) is 17.1 Å². The molecule has 1 aliphatic rings. The van der Waals surface area contributed by atoms with Crippen molar-refractivity contribution in [1.29, 1.82) is 0 Å². The summed E-state index contributed by atoms with van der Waals surface area (Å²) in [6, 6.07) is 5.22. The number of hydrogen-bond donors (Lipinski definition) is 2. The summed E-state index contributed by atoms with van der Waals surface area (Å²) in [4.78, 5) is 13.4. The topological polar surface area (TPSA) is 58.4 Å². The minimum absolute atomic E-state index is 0.447. The Kier molecular flexibility index (Phi) is 5.40. The van der Waals surface area contributed by atoms with Crippen LogP contribution >= 0.6 is 11.6 Å². The maximum absolute atomic E-state index is 11.1. The lowest BCUT2D eigenvalue weighted by atomic mass is 9.97. The number of nitrogens with two attached hydrogens (primary N) is 1. The molecule has 1 amide bonds. The molecular weight excluding hydrogens is 274 g/mol. The highest BCUT2D eigenvalue weighted by atomic mass is 35.5. The molecule has 1 heterocycles. The van der Waals surface area contributed by atoms with Crippen LogP contribution in [-0.2, 0) is 6.54 Å². The van der Waals surface area contributed by atoms with Crippen LogP contribution in [0.1, 0.15) is 28.8 Å². The standard InChI is InChI=1S/C15H22ClN3O/c1-19-6-4-11(5-7-19)9-18-10-13-3-2-12(15(17)20)8-14(13)16/h2-3,8,11,18H,4-7,9-10H2,1H3,(H2,17,20). The zero-order valence-corrected chi connectivity index (χ0v) is 12.6. The minimum atomic E-state index is -0.447. The quantitative estimate of drug-likeness (QED) is 0.872. The summed E-state index contributed by atoms with van der Waals surface area (Å²) in [5, 5.41) is 4.05. The summed E-state index contributed by atoms with van der Waals surface area (Å²) >= 11 is 6.16. The summed E-state index contributed by atoms with van der Waals surface area (Å²) in [5.41, 5.74) is 6.68. The highest BCUT2D eigenvalue weighted by Crippen LogP contribution is 2.19. The van der Waals surface area contributed by atoms with Crippen LogP contribution in [0, 0.1) is 5.92 Å². The zero-order valence-electron chi connectivity index (χ0n) is 11.9. The van der Waals surface area contributed by atoms with E-state index >= 15 is 0 Å². The van der Waals surface area contributed by atoms with E-state index in [1.165, 1.54) is 25.9 Å². The van der Waals surface area contributed by atoms with Gasteiger partial charge in [-0.25, -0.2) is 0 Å². The van der Waals surface area contributed by atoms with E-state index in [1.54, 1.807) is 12.1 Å². The molecule has 0 bridgehead atoms. The van der Waals surface area contributed by atoms with Gasteiger partial charge in [-0.1, -0.05) is 17.7 Å². The Bertz CT molecular complexity index is 470. The first-order chi connectivity index (χ1) is 9.56. The van der Waals surface area contributed by atoms with Crippen LogP contribution in [0.5, 0.6) is 0 Å². The molecule has 0 atom stereocenters. The molecule has 1 aliphatic heterocycles. The van der Waals surface area contributed by atoms with E-state index in [-0.39, 0.29) is 0 Å². The first-order valence-electron chi connectivity index (χ1n) is 7.03. The molecule has 0 aliphatic carbocycles. The van der Waals surface area contributed by atoms with Crippen molar-refractivity contribution in [3.8, 4) is 0 Å². The highest BCUT2D eigenvalue weighted by molar-refractivity contribution is 6.31. The predicted octanol–water partition coefficient (Wildman–Crippen LogP) is 1.87. The summed E-state index contributed by atoms with van der Waals surface area (Å²) in [7, 11) is 2.17. The molecule has 0 unspecified atom stereocenters. The first kappa shape index (κ1) is 15.3. The van der Waals surface area contributed by atoms with Gasteiger partial charge in [-0.05, 0) is 63.1 Å². The van der Waals surface area contributed by atoms with Crippen molar-refractivity contribution in [1.82, 2.24) is 10.2 Å². The van der Waals surface area contributed by atoms with Crippen LogP contribution in [0.15, 0.2) is 18.2 Å². The number of carbonyl (C=O) groups is 1. The zero-order chi connectivity index (χ0) is 14.5. The number of likely N-dealkylation sites (tertiary alicyclic amines) is 1. The Labute approximate surface area is 125 Å². The molecule has 0 spiro atoms. The van der Waals surface area contributed by atoms with Gasteiger partial charge in [0.15, 0.2) is 0 Å². The average molecular weight is 296 g/mol. The number of carbonyl (C=O) groups excluding carboxylic acids is 1. The fourth-order valence-corrected chi connectivity index (χ4v) is 2.77. The molecule has 110 valence electrons. The summed E-state index contributed by atoms with van der Waals surface area (Å²) in [6.45, 7) is 4.10. The normalized spacial score (nSPS) is 17.3. The molecule has 20 heavy (non-hydrogen) atoms. The van der Waals surface area contributed by atoms with Gasteiger partial charge in [0.1, 0.15) is 0 Å². The van der Waals surface area contributed by atoms with Crippen LogP contribution in [-0.4, -0.2) is 37.5 Å². The minimum Gasteiger partial charge on any atom is -0.366 e. The molecule has 3 N–H and O–H groups in total. The number of hydrogen-bond acceptors (Lipinski definition) is 3. The molecule has 0 saturated carbocycles. The number of primary amides is 1. The third-order valence-corrected chi connectivity index (χ3v) is 4.28. The number of amides is 1. The number of nitrogens with one attached hydrogen (secondary N) is 1. The van der Waals surface area contributed by atoms with Gasteiger partial charge in [0.2, 0.25) is 5.91 Å². The highest BCUT2D eigenvalue weighted by Gasteiger charge is 2.16. The van der Waals surface area contributed by atoms with Gasteiger partial charge >= 0.3 is 0 Å². The first-order valence-corrected chi connectivity index (χ1v) is 7.41. The summed E-state index contributed by atoms with van der Waals surface area (Å²) in [6.07, 6.45) is 2.50. The fraction of sp³-hybridized carbons (Fsp3) is 0.533. The SMILES string of the molecule is CN1CCC(CNCc2ccc(C(N)=O)cc2Cl)CC1. The Morgan fingerprint density at radius 3 is 2.75 bits per heavy atom. The third-order valence-electron chi connectivity index (χ3n) is 3.92. The number of nitrogens with zero attached hydrogens (tertiary/aromatic N) is 1. The Balaban J connectivity index is 1.81. The smallest absolute Gasteiger partial charge is 0.248 e. The van der Waals surface area contributed by atoms with Crippen molar-refractivity contribution in [3.63, 3.8) is 0 Å². The number of rotatable bonds is 5. The van der Waals surface area contributed by atoms with E-state index in [1.807, 2.05) is 6.07 Å². The molecule has 0 aromatic heterocycles. The Hall–Kier alpha value is -1.10. The molecule has 5 heteroatoms. The molecule has 1 saturated heterocycles. The van der Waals surface area contributed by atoms with Gasteiger partial charge in [0.25, 0.3) is 0 Å². The van der Waals surface area contributed by atoms with Crippen molar-refractivity contribution in [3.05, 3.63) is 34.3 Å². The molecular formula is C15H22ClN3O. The van der Waals surface area contributed by atoms with Crippen molar-refractivity contribution < 1.29 is 4.79 Å². The van der Waals surface area contributed by atoms with Crippen molar-refractivity contribution in [2.24, 2.45) is 11.7 Å². The second-order valence-corrected chi connectivity index (χ2v) is 5.96. The molecule has 1 fully saturated rings. The van der Waals surface area contributed by atoms with E-state index in [9.17, 15) is 4.79 Å². The third kappa shape index (κ3) is 4.20. The van der Waals surface area contributed by atoms with Gasteiger partial charge in [-0.3, -0.25) is 4.79 Å². The van der Waals surface area contributed by atoms with Crippen LogP contribution in [0.25, 0.3) is 0 Å². The molecule has 0 radical (unpaired) electrons. The van der Waals surface area contributed by atoms with Crippen LogP contribution in [0.3, 0.4) is 0 Å². The summed E-state index contributed by atoms with van der Waals surface area (Å²) in [5.74, 6) is 0.299. The second kappa shape index (κ2) is 7.07. The molecule has 4 nitrogen and oxygen atoms in total. The van der Waals surface area contributed by atoms with Crippen molar-refractivity contribution in [2.75, 3.05) is 26.7 Å². The van der Waals surface area contributed by atoms with Crippen LogP contribution in [0.4, 0.5) is 0 Å². The Morgan fingerprint density at radius 2 is 2.15 bits per heavy atom. The van der Waals surface area contributed by atoms with Crippen molar-refractivity contribution >= 4 is 17.5 Å². The lowest BCUT2D eigenvalue weighted by molar-refractivity contribution is 0.100. The van der Waals surface area contributed by atoms with Crippen LogP contribution < -0.4 is 11.1 Å². The lowest BCUT2D eigenvalue weighted by Gasteiger charge is -2.29.